The lowest BCUT2D eigenvalue weighted by molar-refractivity contribution is 0.0790. The van der Waals surface area contributed by atoms with Crippen LogP contribution in [0.3, 0.4) is 0 Å². The van der Waals surface area contributed by atoms with Gasteiger partial charge in [0, 0.05) is 30.3 Å². The molecular weight excluding hydrogens is 298 g/mol. The van der Waals surface area contributed by atoms with E-state index in [0.717, 1.165) is 17.5 Å². The number of benzene rings is 2. The summed E-state index contributed by atoms with van der Waals surface area (Å²) in [5, 5.41) is 0. The molecule has 3 nitrogen and oxygen atoms in total. The normalized spacial score (nSPS) is 17.7. The third-order valence-corrected chi connectivity index (χ3v) is 4.05. The van der Waals surface area contributed by atoms with Crippen molar-refractivity contribution in [3.63, 3.8) is 0 Å². The summed E-state index contributed by atoms with van der Waals surface area (Å²) >= 11 is 0. The van der Waals surface area contributed by atoms with Gasteiger partial charge in [0.2, 0.25) is 0 Å². The molecule has 0 bridgehead atoms. The Morgan fingerprint density at radius 2 is 1.87 bits per heavy atom. The van der Waals surface area contributed by atoms with Gasteiger partial charge < -0.3 is 10.6 Å². The van der Waals surface area contributed by atoms with Crippen LogP contribution in [-0.2, 0) is 0 Å². The van der Waals surface area contributed by atoms with Crippen LogP contribution in [-0.4, -0.2) is 29.9 Å². The molecule has 23 heavy (non-hydrogen) atoms. The van der Waals surface area contributed by atoms with E-state index in [-0.39, 0.29) is 17.5 Å². The Morgan fingerprint density at radius 1 is 1.17 bits per heavy atom. The molecular formula is C18H17F2N2O. The fraction of sp³-hybridized carbons (Fsp3) is 0.278. The molecule has 0 saturated carbocycles. The summed E-state index contributed by atoms with van der Waals surface area (Å²) in [5.74, 6) is -0.0717. The molecule has 1 saturated heterocycles. The van der Waals surface area contributed by atoms with E-state index in [1.165, 1.54) is 12.1 Å². The third-order valence-electron chi connectivity index (χ3n) is 4.05. The van der Waals surface area contributed by atoms with Crippen LogP contribution in [0.15, 0.2) is 42.5 Å². The lowest BCUT2D eigenvalue weighted by atomic mass is 10.0. The first-order valence-electron chi connectivity index (χ1n) is 7.49. The maximum atomic E-state index is 12.6. The molecule has 2 N–H and O–H groups in total. The minimum atomic E-state index is -2.47. The van der Waals surface area contributed by atoms with Crippen molar-refractivity contribution in [2.75, 3.05) is 13.1 Å². The van der Waals surface area contributed by atoms with Gasteiger partial charge in [-0.15, -0.1) is 0 Å². The van der Waals surface area contributed by atoms with Crippen LogP contribution < -0.4 is 5.73 Å². The zero-order chi connectivity index (χ0) is 16.4. The van der Waals surface area contributed by atoms with Crippen molar-refractivity contribution in [1.82, 2.24) is 4.90 Å². The zero-order valence-corrected chi connectivity index (χ0v) is 12.5. The highest BCUT2D eigenvalue weighted by Gasteiger charge is 2.24. The molecule has 2 aromatic rings. The number of halogens is 2. The molecule has 3 rings (SSSR count). The van der Waals surface area contributed by atoms with Crippen molar-refractivity contribution >= 4 is 5.91 Å². The van der Waals surface area contributed by atoms with Crippen LogP contribution in [0, 0.1) is 6.07 Å². The van der Waals surface area contributed by atoms with E-state index < -0.39 is 6.43 Å². The summed E-state index contributed by atoms with van der Waals surface area (Å²) in [6.07, 6.45) is -1.65. The molecule has 1 radical (unpaired) electrons. The van der Waals surface area contributed by atoms with Gasteiger partial charge in [0.25, 0.3) is 12.3 Å². The second kappa shape index (κ2) is 6.46. The molecule has 5 heteroatoms. The van der Waals surface area contributed by atoms with E-state index in [4.69, 9.17) is 5.73 Å². The number of nitrogens with zero attached hydrogens (tertiary/aromatic N) is 1. The Bertz CT molecular complexity index is 683. The first kappa shape index (κ1) is 15.6. The van der Waals surface area contributed by atoms with Crippen molar-refractivity contribution in [1.29, 1.82) is 0 Å². The molecule has 0 aliphatic carbocycles. The van der Waals surface area contributed by atoms with E-state index in [9.17, 15) is 13.6 Å². The van der Waals surface area contributed by atoms with Crippen molar-refractivity contribution in [2.24, 2.45) is 5.73 Å². The number of carbonyl (C=O) groups is 1. The fourth-order valence-corrected chi connectivity index (χ4v) is 2.70. The van der Waals surface area contributed by atoms with Crippen LogP contribution in [0.25, 0.3) is 11.1 Å². The van der Waals surface area contributed by atoms with Crippen molar-refractivity contribution in [2.45, 2.75) is 18.9 Å². The highest BCUT2D eigenvalue weighted by Crippen LogP contribution is 2.24. The highest BCUT2D eigenvalue weighted by atomic mass is 19.3. The first-order chi connectivity index (χ1) is 11.0. The Kier molecular flexibility index (Phi) is 4.39. The average molecular weight is 315 g/mol. The number of hydrogen-bond acceptors (Lipinski definition) is 2. The standard InChI is InChI=1S/C18H17F2N2O/c19-17(20)14-5-1-12(2-6-14)13-3-7-15(8-4-13)18(23)22-10-9-16(21)11-22/h1-7,16-17H,9-11,21H2/t16-/m0/s1. The van der Waals surface area contributed by atoms with Gasteiger partial charge in [-0.05, 0) is 35.7 Å². The summed E-state index contributed by atoms with van der Waals surface area (Å²) < 4.78 is 25.1. The number of likely N-dealkylation sites (tertiary alicyclic amines) is 1. The topological polar surface area (TPSA) is 46.3 Å². The van der Waals surface area contributed by atoms with Crippen molar-refractivity contribution < 1.29 is 13.6 Å². The van der Waals surface area contributed by atoms with Gasteiger partial charge >= 0.3 is 0 Å². The SMILES string of the molecule is N[C@H]1CCN(C(=O)c2[c]cc(-c3ccc(C(F)F)cc3)cc2)C1. The minimum absolute atomic E-state index is 0.00472. The monoisotopic (exact) mass is 315 g/mol. The highest BCUT2D eigenvalue weighted by molar-refractivity contribution is 5.94. The van der Waals surface area contributed by atoms with Crippen molar-refractivity contribution in [3.8, 4) is 11.1 Å². The van der Waals surface area contributed by atoms with Crippen LogP contribution >= 0.6 is 0 Å². The summed E-state index contributed by atoms with van der Waals surface area (Å²) in [6.45, 7) is 1.24. The van der Waals surface area contributed by atoms with Gasteiger partial charge in [-0.25, -0.2) is 8.78 Å². The molecule has 0 spiro atoms. The third kappa shape index (κ3) is 3.40. The number of rotatable bonds is 3. The molecule has 1 aliphatic rings. The summed E-state index contributed by atoms with van der Waals surface area (Å²) in [4.78, 5) is 14.0. The summed E-state index contributed by atoms with van der Waals surface area (Å²) in [7, 11) is 0. The maximum Gasteiger partial charge on any atom is 0.263 e. The van der Waals surface area contributed by atoms with E-state index >= 15 is 0 Å². The molecule has 0 aromatic heterocycles. The van der Waals surface area contributed by atoms with Gasteiger partial charge in [0.1, 0.15) is 0 Å². The van der Waals surface area contributed by atoms with Gasteiger partial charge in [0.05, 0.1) is 0 Å². The number of alkyl halides is 2. The number of carbonyl (C=O) groups excluding carboxylic acids is 1. The van der Waals surface area contributed by atoms with Gasteiger partial charge in [-0.1, -0.05) is 30.3 Å². The van der Waals surface area contributed by atoms with Crippen LogP contribution in [0.1, 0.15) is 28.8 Å². The minimum Gasteiger partial charge on any atom is -0.337 e. The molecule has 0 unspecified atom stereocenters. The number of amides is 1. The Labute approximate surface area is 133 Å². The van der Waals surface area contributed by atoms with E-state index in [1.54, 1.807) is 35.2 Å². The molecule has 1 amide bonds. The molecule has 1 aliphatic heterocycles. The molecule has 1 fully saturated rings. The maximum absolute atomic E-state index is 12.6. The predicted octanol–water partition coefficient (Wildman–Crippen LogP) is 3.26. The van der Waals surface area contributed by atoms with Crippen LogP contribution in [0.2, 0.25) is 0 Å². The Hall–Kier alpha value is -2.27. The summed E-state index contributed by atoms with van der Waals surface area (Å²) in [6, 6.07) is 14.4. The number of nitrogens with two attached hydrogens (primary N) is 1. The fourth-order valence-electron chi connectivity index (χ4n) is 2.70. The van der Waals surface area contributed by atoms with E-state index in [0.29, 0.717) is 18.7 Å². The quantitative estimate of drug-likeness (QED) is 0.945. The lowest BCUT2D eigenvalue weighted by Gasteiger charge is -2.15. The Morgan fingerprint density at radius 3 is 2.39 bits per heavy atom. The van der Waals surface area contributed by atoms with Gasteiger partial charge in [0.15, 0.2) is 0 Å². The average Bonchev–Trinajstić information content (AvgIpc) is 3.01. The smallest absolute Gasteiger partial charge is 0.263 e. The van der Waals surface area contributed by atoms with E-state index in [1.807, 2.05) is 0 Å². The zero-order valence-electron chi connectivity index (χ0n) is 12.5. The second-order valence-corrected chi connectivity index (χ2v) is 5.71. The number of hydrogen-bond donors (Lipinski definition) is 1. The van der Waals surface area contributed by atoms with Crippen LogP contribution in [0.4, 0.5) is 8.78 Å². The first-order valence-corrected chi connectivity index (χ1v) is 7.49. The van der Waals surface area contributed by atoms with Crippen molar-refractivity contribution in [3.05, 3.63) is 59.7 Å². The molecule has 2 aromatic carbocycles. The van der Waals surface area contributed by atoms with Crippen LogP contribution in [0.5, 0.6) is 0 Å². The largest absolute Gasteiger partial charge is 0.337 e. The predicted molar refractivity (Wildman–Crippen MR) is 84.2 cm³/mol. The second-order valence-electron chi connectivity index (χ2n) is 5.71. The van der Waals surface area contributed by atoms with E-state index in [2.05, 4.69) is 6.07 Å². The van der Waals surface area contributed by atoms with Gasteiger partial charge in [-0.2, -0.15) is 0 Å². The summed E-state index contributed by atoms with van der Waals surface area (Å²) in [5.41, 5.74) is 7.95. The molecule has 119 valence electrons. The molecule has 1 atom stereocenters. The van der Waals surface area contributed by atoms with Gasteiger partial charge in [-0.3, -0.25) is 4.79 Å². The lowest BCUT2D eigenvalue weighted by Crippen LogP contribution is -2.31. The Balaban J connectivity index is 1.75. The molecule has 1 heterocycles.